The monoisotopic (exact) mass is 270 g/mol. The van der Waals surface area contributed by atoms with Crippen LogP contribution in [0.2, 0.25) is 0 Å². The highest BCUT2D eigenvalue weighted by atomic mass is 19.1. The predicted octanol–water partition coefficient (Wildman–Crippen LogP) is 3.85. The molecule has 0 unspecified atom stereocenters. The number of hydrogen-bond donors (Lipinski definition) is 0. The van der Waals surface area contributed by atoms with Crippen LogP contribution in [0.1, 0.15) is 10.4 Å². The smallest absolute Gasteiger partial charge is 0.198 e. The molecule has 0 bridgehead atoms. The highest BCUT2D eigenvalue weighted by Gasteiger charge is 2.15. The number of carbonyl (C=O) groups is 1. The Bertz CT molecular complexity index is 618. The predicted molar refractivity (Wildman–Crippen MR) is 58.2 cm³/mol. The van der Waals surface area contributed by atoms with Crippen LogP contribution in [0.5, 0.6) is 11.5 Å². The third-order valence-electron chi connectivity index (χ3n) is 2.26. The van der Waals surface area contributed by atoms with Crippen LogP contribution in [0.4, 0.5) is 17.6 Å². The molecule has 0 heterocycles. The number of benzene rings is 2. The number of carbonyl (C=O) groups excluding carboxylic acids is 1. The van der Waals surface area contributed by atoms with E-state index in [4.69, 9.17) is 4.74 Å². The van der Waals surface area contributed by atoms with E-state index in [9.17, 15) is 22.4 Å². The summed E-state index contributed by atoms with van der Waals surface area (Å²) in [6.45, 7) is 0. The van der Waals surface area contributed by atoms with Gasteiger partial charge in [0.25, 0.3) is 0 Å². The van der Waals surface area contributed by atoms with Crippen molar-refractivity contribution in [1.82, 2.24) is 0 Å². The van der Waals surface area contributed by atoms with Gasteiger partial charge in [-0.3, -0.25) is 4.79 Å². The molecule has 6 heteroatoms. The lowest BCUT2D eigenvalue weighted by molar-refractivity contribution is 0.112. The quantitative estimate of drug-likeness (QED) is 0.625. The van der Waals surface area contributed by atoms with Crippen molar-refractivity contribution in [3.05, 3.63) is 59.2 Å². The van der Waals surface area contributed by atoms with E-state index < -0.39 is 34.8 Å². The summed E-state index contributed by atoms with van der Waals surface area (Å²) in [5, 5.41) is 0. The first-order valence-corrected chi connectivity index (χ1v) is 5.08. The van der Waals surface area contributed by atoms with Crippen LogP contribution in [0.3, 0.4) is 0 Å². The maximum absolute atomic E-state index is 13.5. The summed E-state index contributed by atoms with van der Waals surface area (Å²) in [6, 6.07) is 3.79. The lowest BCUT2D eigenvalue weighted by Crippen LogP contribution is -1.97. The molecular weight excluding hydrogens is 264 g/mol. The number of halogens is 4. The summed E-state index contributed by atoms with van der Waals surface area (Å²) < 4.78 is 57.6. The minimum absolute atomic E-state index is 0.220. The van der Waals surface area contributed by atoms with Crippen LogP contribution in [0.25, 0.3) is 0 Å². The first-order valence-electron chi connectivity index (χ1n) is 5.08. The Morgan fingerprint density at radius 1 is 0.895 bits per heavy atom. The highest BCUT2D eigenvalue weighted by molar-refractivity contribution is 5.75. The molecule has 2 aromatic carbocycles. The number of aldehydes is 1. The van der Waals surface area contributed by atoms with Gasteiger partial charge < -0.3 is 4.74 Å². The van der Waals surface area contributed by atoms with Crippen LogP contribution in [0, 0.1) is 23.3 Å². The Hall–Kier alpha value is -2.37. The molecule has 0 aliphatic carbocycles. The van der Waals surface area contributed by atoms with E-state index in [0.29, 0.717) is 6.07 Å². The zero-order valence-electron chi connectivity index (χ0n) is 9.29. The third-order valence-corrected chi connectivity index (χ3v) is 2.26. The molecule has 2 nitrogen and oxygen atoms in total. The lowest BCUT2D eigenvalue weighted by atomic mass is 10.2. The van der Waals surface area contributed by atoms with Gasteiger partial charge in [0, 0.05) is 11.6 Å². The van der Waals surface area contributed by atoms with Gasteiger partial charge in [-0.15, -0.1) is 0 Å². The molecule has 98 valence electrons. The second-order valence-corrected chi connectivity index (χ2v) is 3.61. The molecule has 0 atom stereocenters. The normalized spacial score (nSPS) is 10.3. The topological polar surface area (TPSA) is 26.3 Å². The first kappa shape index (κ1) is 13.1. The van der Waals surface area contributed by atoms with Crippen molar-refractivity contribution in [2.75, 3.05) is 0 Å². The lowest BCUT2D eigenvalue weighted by Gasteiger charge is -2.09. The molecule has 0 N–H and O–H groups in total. The summed E-state index contributed by atoms with van der Waals surface area (Å²) in [4.78, 5) is 10.4. The van der Waals surface area contributed by atoms with Gasteiger partial charge in [0.15, 0.2) is 29.0 Å². The van der Waals surface area contributed by atoms with Crippen molar-refractivity contribution < 1.29 is 27.1 Å². The average molecular weight is 270 g/mol. The van der Waals surface area contributed by atoms with Gasteiger partial charge in [0.1, 0.15) is 12.1 Å². The maximum atomic E-state index is 13.5. The molecule has 0 saturated carbocycles. The number of hydrogen-bond acceptors (Lipinski definition) is 2. The molecule has 0 spiro atoms. The van der Waals surface area contributed by atoms with Crippen molar-refractivity contribution in [3.63, 3.8) is 0 Å². The molecule has 0 fully saturated rings. The van der Waals surface area contributed by atoms with Crippen LogP contribution in [-0.4, -0.2) is 6.29 Å². The van der Waals surface area contributed by atoms with E-state index in [-0.39, 0.29) is 11.8 Å². The fourth-order valence-corrected chi connectivity index (χ4v) is 1.41. The fraction of sp³-hybridized carbons (Fsp3) is 0. The van der Waals surface area contributed by atoms with Gasteiger partial charge in [0.2, 0.25) is 0 Å². The Labute approximate surface area is 105 Å². The zero-order valence-corrected chi connectivity index (χ0v) is 9.29. The van der Waals surface area contributed by atoms with Crippen molar-refractivity contribution in [2.45, 2.75) is 0 Å². The summed E-state index contributed by atoms with van der Waals surface area (Å²) in [5.74, 6) is -5.66. The van der Waals surface area contributed by atoms with Crippen molar-refractivity contribution in [1.29, 1.82) is 0 Å². The molecule has 0 aliphatic heterocycles. The van der Waals surface area contributed by atoms with Crippen LogP contribution in [0.15, 0.2) is 30.3 Å². The van der Waals surface area contributed by atoms with E-state index >= 15 is 0 Å². The number of ether oxygens (including phenoxy) is 1. The molecule has 0 aromatic heterocycles. The Morgan fingerprint density at radius 3 is 2.05 bits per heavy atom. The Morgan fingerprint density at radius 2 is 1.53 bits per heavy atom. The van der Waals surface area contributed by atoms with E-state index in [1.165, 1.54) is 0 Å². The molecule has 0 radical (unpaired) electrons. The molecule has 2 rings (SSSR count). The average Bonchev–Trinajstić information content (AvgIpc) is 2.35. The van der Waals surface area contributed by atoms with Gasteiger partial charge in [0.05, 0.1) is 0 Å². The third kappa shape index (κ3) is 2.73. The van der Waals surface area contributed by atoms with Crippen molar-refractivity contribution in [2.24, 2.45) is 0 Å². The summed E-state index contributed by atoms with van der Waals surface area (Å²) in [7, 11) is 0. The fourth-order valence-electron chi connectivity index (χ4n) is 1.41. The van der Waals surface area contributed by atoms with E-state index in [0.717, 1.165) is 24.3 Å². The molecular formula is C13H6F4O2. The largest absolute Gasteiger partial charge is 0.448 e. The second-order valence-electron chi connectivity index (χ2n) is 3.61. The maximum Gasteiger partial charge on any atom is 0.198 e. The van der Waals surface area contributed by atoms with Crippen molar-refractivity contribution in [3.8, 4) is 11.5 Å². The highest BCUT2D eigenvalue weighted by Crippen LogP contribution is 2.30. The summed E-state index contributed by atoms with van der Waals surface area (Å²) >= 11 is 0. The summed E-state index contributed by atoms with van der Waals surface area (Å²) in [5.41, 5.74) is -0.220. The van der Waals surface area contributed by atoms with Gasteiger partial charge in [-0.2, -0.15) is 0 Å². The molecule has 0 aliphatic rings. The van der Waals surface area contributed by atoms with Gasteiger partial charge in [-0.05, 0) is 24.3 Å². The number of rotatable bonds is 3. The first-order chi connectivity index (χ1) is 9.01. The van der Waals surface area contributed by atoms with Gasteiger partial charge in [-0.25, -0.2) is 17.6 Å². The zero-order chi connectivity index (χ0) is 14.0. The second kappa shape index (κ2) is 5.09. The standard InChI is InChI=1S/C13H6F4O2/c14-8-1-2-12(9(15)5-8)19-13-10(16)3-7(6-18)4-11(13)17/h1-6H. The van der Waals surface area contributed by atoms with Gasteiger partial charge in [-0.1, -0.05) is 0 Å². The Kier molecular flexibility index (Phi) is 3.50. The van der Waals surface area contributed by atoms with E-state index in [1.54, 1.807) is 0 Å². The van der Waals surface area contributed by atoms with Crippen LogP contribution < -0.4 is 4.74 Å². The summed E-state index contributed by atoms with van der Waals surface area (Å²) in [6.07, 6.45) is 0.258. The Balaban J connectivity index is 2.41. The van der Waals surface area contributed by atoms with Crippen LogP contribution in [-0.2, 0) is 0 Å². The SMILES string of the molecule is O=Cc1cc(F)c(Oc2ccc(F)cc2F)c(F)c1. The molecule has 19 heavy (non-hydrogen) atoms. The minimum Gasteiger partial charge on any atom is -0.448 e. The minimum atomic E-state index is -1.16. The molecule has 0 amide bonds. The van der Waals surface area contributed by atoms with Crippen LogP contribution >= 0.6 is 0 Å². The molecule has 0 saturated heterocycles. The van der Waals surface area contributed by atoms with E-state index in [1.807, 2.05) is 0 Å². The molecule has 2 aromatic rings. The van der Waals surface area contributed by atoms with Crippen molar-refractivity contribution >= 4 is 6.29 Å². The van der Waals surface area contributed by atoms with E-state index in [2.05, 4.69) is 0 Å². The van der Waals surface area contributed by atoms with Gasteiger partial charge >= 0.3 is 0 Å².